The van der Waals surface area contributed by atoms with Gasteiger partial charge in [-0.2, -0.15) is 0 Å². The molecule has 2 aromatic carbocycles. The van der Waals surface area contributed by atoms with Crippen molar-refractivity contribution in [3.05, 3.63) is 108 Å². The van der Waals surface area contributed by atoms with Gasteiger partial charge in [0, 0.05) is 23.2 Å². The summed E-state index contributed by atoms with van der Waals surface area (Å²) < 4.78 is 0. The molecule has 0 aliphatic rings. The number of pyridine rings is 4. The average molecular weight is 534 g/mol. The predicted molar refractivity (Wildman–Crippen MR) is 148 cm³/mol. The van der Waals surface area contributed by atoms with Crippen molar-refractivity contribution in [1.82, 2.24) is 19.9 Å². The van der Waals surface area contributed by atoms with Crippen LogP contribution in [0.1, 0.15) is 11.1 Å². The average Bonchev–Trinajstić information content (AvgIpc) is 2.91. The van der Waals surface area contributed by atoms with E-state index < -0.39 is 0 Å². The van der Waals surface area contributed by atoms with Crippen LogP contribution < -0.4 is 11.5 Å². The van der Waals surface area contributed by atoms with Gasteiger partial charge in [0.05, 0.1) is 22.8 Å². The molecule has 7 heteroatoms. The second-order valence-electron chi connectivity index (χ2n) is 8.66. The molecule has 0 radical (unpaired) electrons. The molecule has 0 bridgehead atoms. The van der Waals surface area contributed by atoms with Gasteiger partial charge >= 0.3 is 17.1 Å². The molecule has 6 rings (SSSR count). The Morgan fingerprint density at radius 3 is 1.32 bits per heavy atom. The Morgan fingerprint density at radius 1 is 0.514 bits per heavy atom. The van der Waals surface area contributed by atoms with E-state index in [-0.39, 0.29) is 17.1 Å². The molecule has 0 aliphatic heterocycles. The summed E-state index contributed by atoms with van der Waals surface area (Å²) in [7, 11) is 0. The van der Waals surface area contributed by atoms with Crippen molar-refractivity contribution in [3.8, 4) is 22.8 Å². The zero-order valence-electron chi connectivity index (χ0n) is 20.5. The van der Waals surface area contributed by atoms with Crippen LogP contribution in [-0.4, -0.2) is 19.9 Å². The zero-order valence-corrected chi connectivity index (χ0v) is 21.4. The van der Waals surface area contributed by atoms with Gasteiger partial charge < -0.3 is 11.5 Å². The van der Waals surface area contributed by atoms with E-state index in [0.717, 1.165) is 44.3 Å². The molecule has 0 fully saturated rings. The zero-order chi connectivity index (χ0) is 25.1. The summed E-state index contributed by atoms with van der Waals surface area (Å²) >= 11 is 0. The summed E-state index contributed by atoms with van der Waals surface area (Å²) in [4.78, 5) is 17.4. The first kappa shape index (κ1) is 25.8. The van der Waals surface area contributed by atoms with E-state index in [2.05, 4.69) is 56.3 Å². The van der Waals surface area contributed by atoms with Crippen molar-refractivity contribution in [2.75, 3.05) is 11.5 Å². The van der Waals surface area contributed by atoms with E-state index in [1.165, 1.54) is 11.1 Å². The Morgan fingerprint density at radius 2 is 0.946 bits per heavy atom. The van der Waals surface area contributed by atoms with Crippen LogP contribution in [0.5, 0.6) is 0 Å². The first-order valence-corrected chi connectivity index (χ1v) is 11.6. The van der Waals surface area contributed by atoms with E-state index in [1.54, 1.807) is 12.4 Å². The molecule has 37 heavy (non-hydrogen) atoms. The minimum absolute atomic E-state index is 0. The number of nitrogens with zero attached hydrogens (tertiary/aromatic N) is 4. The smallest absolute Gasteiger partial charge is 0.383 e. The summed E-state index contributed by atoms with van der Waals surface area (Å²) in [5.41, 5.74) is 17.7. The van der Waals surface area contributed by atoms with Gasteiger partial charge in [0.25, 0.3) is 0 Å². The largest absolute Gasteiger partial charge is 1.00 e. The molecule has 6 nitrogen and oxygen atoms in total. The van der Waals surface area contributed by atoms with Gasteiger partial charge in [-0.15, -0.1) is 0 Å². The van der Waals surface area contributed by atoms with Gasteiger partial charge in [-0.1, -0.05) is 47.5 Å². The summed E-state index contributed by atoms with van der Waals surface area (Å²) in [6.07, 6.45) is 3.51. The fourth-order valence-electron chi connectivity index (χ4n) is 4.07. The van der Waals surface area contributed by atoms with Gasteiger partial charge in [0.1, 0.15) is 11.6 Å². The van der Waals surface area contributed by atoms with E-state index in [9.17, 15) is 0 Å². The van der Waals surface area contributed by atoms with E-state index in [4.69, 9.17) is 11.5 Å². The predicted octanol–water partition coefficient (Wildman–Crippen LogP) is 6.37. The maximum atomic E-state index is 6.02. The Labute approximate surface area is 226 Å². The molecule has 4 heterocycles. The molecule has 4 aromatic heterocycles. The number of benzene rings is 2. The fraction of sp³-hybridized carbons (Fsp3) is 0.0667. The number of rotatable bonds is 2. The van der Waals surface area contributed by atoms with Crippen molar-refractivity contribution in [2.45, 2.75) is 13.8 Å². The third kappa shape index (κ3) is 5.75. The van der Waals surface area contributed by atoms with Crippen molar-refractivity contribution in [3.63, 3.8) is 0 Å². The molecule has 0 saturated carbocycles. The second-order valence-corrected chi connectivity index (χ2v) is 8.66. The van der Waals surface area contributed by atoms with Crippen LogP contribution >= 0.6 is 0 Å². The molecule has 0 aliphatic carbocycles. The number of aromatic nitrogens is 4. The number of hydrogen-bond acceptors (Lipinski definition) is 6. The van der Waals surface area contributed by atoms with Gasteiger partial charge in [-0.25, -0.2) is 9.97 Å². The fourth-order valence-corrected chi connectivity index (χ4v) is 4.07. The van der Waals surface area contributed by atoms with Crippen LogP contribution in [0.3, 0.4) is 0 Å². The molecule has 4 N–H and O–H groups in total. The first-order chi connectivity index (χ1) is 17.5. The molecule has 0 amide bonds. The first-order valence-electron chi connectivity index (χ1n) is 11.6. The van der Waals surface area contributed by atoms with Gasteiger partial charge in [0.15, 0.2) is 0 Å². The normalized spacial score (nSPS) is 10.4. The minimum atomic E-state index is 0. The topological polar surface area (TPSA) is 104 Å². The van der Waals surface area contributed by atoms with Crippen LogP contribution in [0.4, 0.5) is 11.6 Å². The summed E-state index contributed by atoms with van der Waals surface area (Å²) in [6, 6.07) is 28.0. The van der Waals surface area contributed by atoms with Crippen molar-refractivity contribution < 1.29 is 17.1 Å². The Bertz CT molecular complexity index is 1540. The molecular formula is C30H26CuN6+. The Balaban J connectivity index is 0.000000168. The summed E-state index contributed by atoms with van der Waals surface area (Å²) in [6.45, 7) is 4.09. The van der Waals surface area contributed by atoms with Crippen LogP contribution in [0.15, 0.2) is 97.3 Å². The number of anilines is 2. The number of nitrogens with two attached hydrogens (primary N) is 2. The minimum Gasteiger partial charge on any atom is -0.383 e. The molecule has 6 aromatic rings. The Hall–Kier alpha value is -4.32. The molecule has 0 atom stereocenters. The number of aryl methyl sites for hydroxylation is 2. The van der Waals surface area contributed by atoms with Crippen molar-refractivity contribution >= 4 is 33.2 Å². The van der Waals surface area contributed by atoms with Crippen LogP contribution in [-0.2, 0) is 17.1 Å². The molecule has 0 spiro atoms. The van der Waals surface area contributed by atoms with Gasteiger partial charge in [0.2, 0.25) is 0 Å². The molecule has 0 unspecified atom stereocenters. The summed E-state index contributed by atoms with van der Waals surface area (Å²) in [5.74, 6) is 1.11. The van der Waals surface area contributed by atoms with Crippen LogP contribution in [0, 0.1) is 13.8 Å². The number of nitrogen functional groups attached to an aromatic ring is 2. The van der Waals surface area contributed by atoms with Gasteiger partial charge in [-0.3, -0.25) is 9.97 Å². The van der Waals surface area contributed by atoms with Crippen LogP contribution in [0.25, 0.3) is 44.3 Å². The molecule has 186 valence electrons. The second kappa shape index (κ2) is 11.2. The third-order valence-electron chi connectivity index (χ3n) is 5.89. The SMILES string of the molecule is Cc1ccc2cc(-c3ccccn3)nc(N)c2c1.Cc1ccc2cc(-c3ccccn3)nc(N)c2c1.[Cu+]. The van der Waals surface area contributed by atoms with Crippen molar-refractivity contribution in [2.24, 2.45) is 0 Å². The molecule has 0 saturated heterocycles. The van der Waals surface area contributed by atoms with E-state index in [1.807, 2.05) is 62.4 Å². The molecular weight excluding hydrogens is 508 g/mol. The summed E-state index contributed by atoms with van der Waals surface area (Å²) in [5, 5.41) is 4.17. The quantitative estimate of drug-likeness (QED) is 0.250. The van der Waals surface area contributed by atoms with E-state index in [0.29, 0.717) is 11.6 Å². The number of hydrogen-bond donors (Lipinski definition) is 2. The monoisotopic (exact) mass is 533 g/mol. The van der Waals surface area contributed by atoms with Crippen LogP contribution in [0.2, 0.25) is 0 Å². The Kier molecular flexibility index (Phi) is 7.77. The number of fused-ring (bicyclic) bond motifs is 2. The van der Waals surface area contributed by atoms with Gasteiger partial charge in [-0.05, 0) is 73.2 Å². The standard InChI is InChI=1S/2C15H13N3.Cu/c2*1-10-5-6-11-9-14(13-4-2-3-7-17-13)18-15(16)12(11)8-10;/h2*2-9H,1H3,(H2,16,18);/q;;+1. The maximum Gasteiger partial charge on any atom is 1.00 e. The maximum absolute atomic E-state index is 6.02. The van der Waals surface area contributed by atoms with Crippen molar-refractivity contribution in [1.29, 1.82) is 0 Å². The third-order valence-corrected chi connectivity index (χ3v) is 5.89. The van der Waals surface area contributed by atoms with E-state index >= 15 is 0 Å².